The summed E-state index contributed by atoms with van der Waals surface area (Å²) in [6.07, 6.45) is -1.98. The van der Waals surface area contributed by atoms with Crippen molar-refractivity contribution in [2.45, 2.75) is 31.5 Å². The lowest BCUT2D eigenvalue weighted by atomic mass is 10.1. The number of aliphatic hydroxyl groups excluding tert-OH is 1. The molecule has 0 spiro atoms. The van der Waals surface area contributed by atoms with Crippen LogP contribution in [0.15, 0.2) is 0 Å². The summed E-state index contributed by atoms with van der Waals surface area (Å²) in [6, 6.07) is -0.283. The van der Waals surface area contributed by atoms with Gasteiger partial charge in [0.15, 0.2) is 0 Å². The van der Waals surface area contributed by atoms with E-state index in [-0.39, 0.29) is 11.9 Å². The van der Waals surface area contributed by atoms with Crippen LogP contribution in [-0.2, 0) is 0 Å². The summed E-state index contributed by atoms with van der Waals surface area (Å²) in [5.41, 5.74) is 0. The second kappa shape index (κ2) is 7.04. The van der Waals surface area contributed by atoms with Crippen LogP contribution in [0.25, 0.3) is 0 Å². The molecule has 128 valence electrons. The first kappa shape index (κ1) is 17.3. The summed E-state index contributed by atoms with van der Waals surface area (Å²) in [7, 11) is 1.62. The fourth-order valence-electron chi connectivity index (χ4n) is 2.84. The first-order valence-corrected chi connectivity index (χ1v) is 7.70. The minimum absolute atomic E-state index is 0.0491. The number of hydrogen-bond donors (Lipinski definition) is 2. The number of nitrogens with zero attached hydrogens (tertiary/aromatic N) is 2. The number of rotatable bonds is 6. The van der Waals surface area contributed by atoms with E-state index in [0.29, 0.717) is 38.5 Å². The number of carbonyl (C=O) groups excluding carboxylic acids is 1. The van der Waals surface area contributed by atoms with Crippen molar-refractivity contribution in [2.24, 2.45) is 11.8 Å². The maximum absolute atomic E-state index is 12.3. The van der Waals surface area contributed by atoms with Gasteiger partial charge in [0, 0.05) is 26.7 Å². The van der Waals surface area contributed by atoms with Crippen molar-refractivity contribution < 1.29 is 23.1 Å². The third-order valence-electron chi connectivity index (χ3n) is 4.29. The molecule has 2 N–H and O–H groups in total. The van der Waals surface area contributed by atoms with Crippen LogP contribution >= 0.6 is 0 Å². The number of likely N-dealkylation sites (tertiary alicyclic amines) is 1. The van der Waals surface area contributed by atoms with Crippen LogP contribution in [0.4, 0.5) is 18.0 Å². The molecule has 1 saturated heterocycles. The van der Waals surface area contributed by atoms with Crippen molar-refractivity contribution in [3.63, 3.8) is 0 Å². The van der Waals surface area contributed by atoms with Gasteiger partial charge >= 0.3 is 12.2 Å². The third kappa shape index (κ3) is 5.64. The van der Waals surface area contributed by atoms with E-state index in [1.165, 1.54) is 9.80 Å². The number of alkyl halides is 3. The third-order valence-corrected chi connectivity index (χ3v) is 4.29. The Labute approximate surface area is 128 Å². The molecule has 0 radical (unpaired) electrons. The molecule has 1 heterocycles. The lowest BCUT2D eigenvalue weighted by molar-refractivity contribution is -0.143. The predicted octanol–water partition coefficient (Wildman–Crippen LogP) is 1.28. The SMILES string of the molecule is CN(CC(O)C1CC1)C(=O)NCC1CCN(CC(F)(F)F)C1. The molecular weight excluding hydrogens is 299 g/mol. The van der Waals surface area contributed by atoms with Crippen molar-refractivity contribution in [3.05, 3.63) is 0 Å². The number of amides is 2. The lowest BCUT2D eigenvalue weighted by Gasteiger charge is -2.22. The smallest absolute Gasteiger partial charge is 0.391 e. The van der Waals surface area contributed by atoms with E-state index in [9.17, 15) is 23.1 Å². The molecule has 8 heteroatoms. The summed E-state index contributed by atoms with van der Waals surface area (Å²) in [5, 5.41) is 12.5. The van der Waals surface area contributed by atoms with Gasteiger partial charge in [-0.2, -0.15) is 13.2 Å². The van der Waals surface area contributed by atoms with Crippen LogP contribution in [0, 0.1) is 11.8 Å². The molecule has 0 aromatic carbocycles. The molecular formula is C14H24F3N3O2. The van der Waals surface area contributed by atoms with Crippen LogP contribution in [0.3, 0.4) is 0 Å². The average molecular weight is 323 g/mol. The molecule has 2 aliphatic rings. The van der Waals surface area contributed by atoms with Gasteiger partial charge in [-0.1, -0.05) is 0 Å². The first-order valence-electron chi connectivity index (χ1n) is 7.70. The minimum atomic E-state index is -4.17. The highest BCUT2D eigenvalue weighted by Crippen LogP contribution is 2.32. The second-order valence-electron chi connectivity index (χ2n) is 6.48. The molecule has 1 aliphatic heterocycles. The van der Waals surface area contributed by atoms with E-state index >= 15 is 0 Å². The van der Waals surface area contributed by atoms with Crippen LogP contribution in [0.1, 0.15) is 19.3 Å². The van der Waals surface area contributed by atoms with Gasteiger partial charge in [-0.25, -0.2) is 4.79 Å². The van der Waals surface area contributed by atoms with Crippen LogP contribution in [0.5, 0.6) is 0 Å². The fraction of sp³-hybridized carbons (Fsp3) is 0.929. The Hall–Kier alpha value is -1.02. The Kier molecular flexibility index (Phi) is 5.55. The van der Waals surface area contributed by atoms with Crippen LogP contribution in [-0.4, -0.2) is 73.0 Å². The molecule has 1 saturated carbocycles. The van der Waals surface area contributed by atoms with Crippen LogP contribution < -0.4 is 5.32 Å². The highest BCUT2D eigenvalue weighted by atomic mass is 19.4. The molecule has 2 rings (SSSR count). The topological polar surface area (TPSA) is 55.8 Å². The molecule has 2 unspecified atom stereocenters. The molecule has 2 amide bonds. The zero-order chi connectivity index (χ0) is 16.3. The monoisotopic (exact) mass is 323 g/mol. The van der Waals surface area contributed by atoms with Crippen molar-refractivity contribution in [2.75, 3.05) is 39.8 Å². The van der Waals surface area contributed by atoms with Gasteiger partial charge < -0.3 is 15.3 Å². The maximum atomic E-state index is 12.3. The minimum Gasteiger partial charge on any atom is -0.391 e. The number of likely N-dealkylation sites (N-methyl/N-ethyl adjacent to an activating group) is 1. The van der Waals surface area contributed by atoms with E-state index in [4.69, 9.17) is 0 Å². The van der Waals surface area contributed by atoms with Gasteiger partial charge in [0.05, 0.1) is 12.6 Å². The number of urea groups is 1. The van der Waals surface area contributed by atoms with Gasteiger partial charge in [-0.15, -0.1) is 0 Å². The first-order chi connectivity index (χ1) is 10.2. The van der Waals surface area contributed by atoms with Crippen molar-refractivity contribution in [1.29, 1.82) is 0 Å². The Bertz CT molecular complexity index is 388. The average Bonchev–Trinajstić information content (AvgIpc) is 3.17. The largest absolute Gasteiger partial charge is 0.401 e. The van der Waals surface area contributed by atoms with Gasteiger partial charge in [-0.3, -0.25) is 4.90 Å². The maximum Gasteiger partial charge on any atom is 0.401 e. The highest BCUT2D eigenvalue weighted by molar-refractivity contribution is 5.73. The summed E-state index contributed by atoms with van der Waals surface area (Å²) in [4.78, 5) is 14.7. The molecule has 0 aromatic heterocycles. The summed E-state index contributed by atoms with van der Waals surface area (Å²) in [6.45, 7) is 0.549. The van der Waals surface area contributed by atoms with Crippen LogP contribution in [0.2, 0.25) is 0 Å². The normalized spacial score (nSPS) is 24.3. The van der Waals surface area contributed by atoms with Crippen molar-refractivity contribution in [1.82, 2.24) is 15.1 Å². The van der Waals surface area contributed by atoms with E-state index in [0.717, 1.165) is 12.8 Å². The molecule has 22 heavy (non-hydrogen) atoms. The number of carbonyl (C=O) groups is 1. The highest BCUT2D eigenvalue weighted by Gasteiger charge is 2.34. The lowest BCUT2D eigenvalue weighted by Crippen LogP contribution is -2.43. The number of nitrogens with one attached hydrogen (secondary N) is 1. The zero-order valence-corrected chi connectivity index (χ0v) is 12.8. The number of aliphatic hydroxyl groups is 1. The van der Waals surface area contributed by atoms with E-state index < -0.39 is 18.8 Å². The van der Waals surface area contributed by atoms with Gasteiger partial charge in [0.1, 0.15) is 0 Å². The predicted molar refractivity (Wildman–Crippen MR) is 75.4 cm³/mol. The molecule has 0 bridgehead atoms. The molecule has 1 aliphatic carbocycles. The van der Waals surface area contributed by atoms with Crippen molar-refractivity contribution in [3.8, 4) is 0 Å². The Morgan fingerprint density at radius 3 is 2.68 bits per heavy atom. The van der Waals surface area contributed by atoms with E-state index in [1.807, 2.05) is 0 Å². The Morgan fingerprint density at radius 1 is 1.41 bits per heavy atom. The number of hydrogen-bond acceptors (Lipinski definition) is 3. The molecule has 2 fully saturated rings. The summed E-state index contributed by atoms with van der Waals surface area (Å²) < 4.78 is 36.9. The molecule has 0 aromatic rings. The van der Waals surface area contributed by atoms with Crippen molar-refractivity contribution >= 4 is 6.03 Å². The summed E-state index contributed by atoms with van der Waals surface area (Å²) >= 11 is 0. The van der Waals surface area contributed by atoms with E-state index in [2.05, 4.69) is 5.32 Å². The van der Waals surface area contributed by atoms with Gasteiger partial charge in [-0.05, 0) is 37.6 Å². The van der Waals surface area contributed by atoms with Gasteiger partial charge in [0.2, 0.25) is 0 Å². The standard InChI is InChI=1S/C14H24F3N3O2/c1-19(8-12(21)11-2-3-11)13(22)18-6-10-4-5-20(7-10)9-14(15,16)17/h10-12,21H,2-9H2,1H3,(H,18,22). The Balaban J connectivity index is 1.64. The Morgan fingerprint density at radius 2 is 2.09 bits per heavy atom. The molecule has 2 atom stereocenters. The molecule has 5 nitrogen and oxygen atoms in total. The summed E-state index contributed by atoms with van der Waals surface area (Å²) in [5.74, 6) is 0.356. The van der Waals surface area contributed by atoms with E-state index in [1.54, 1.807) is 7.05 Å². The quantitative estimate of drug-likeness (QED) is 0.774. The number of halogens is 3. The zero-order valence-electron chi connectivity index (χ0n) is 12.8. The fourth-order valence-corrected chi connectivity index (χ4v) is 2.84. The second-order valence-corrected chi connectivity index (χ2v) is 6.48. The van der Waals surface area contributed by atoms with Gasteiger partial charge in [0.25, 0.3) is 0 Å².